The summed E-state index contributed by atoms with van der Waals surface area (Å²) in [6.45, 7) is 0. The SMILES string of the molecule is Cl.NC(=O)c1cccc(C(F)(F)F)c1. The van der Waals surface area contributed by atoms with Gasteiger partial charge in [-0.3, -0.25) is 4.79 Å². The molecule has 1 aromatic rings. The maximum atomic E-state index is 12.1. The number of alkyl halides is 3. The van der Waals surface area contributed by atoms with Crippen LogP contribution in [0.4, 0.5) is 13.2 Å². The van der Waals surface area contributed by atoms with Crippen LogP contribution in [0.1, 0.15) is 15.9 Å². The maximum absolute atomic E-state index is 12.1. The predicted molar refractivity (Wildman–Crippen MR) is 47.2 cm³/mol. The number of halogens is 4. The fourth-order valence-electron chi connectivity index (χ4n) is 0.849. The molecule has 0 bridgehead atoms. The van der Waals surface area contributed by atoms with Crippen molar-refractivity contribution in [1.29, 1.82) is 0 Å². The molecule has 0 heterocycles. The van der Waals surface area contributed by atoms with Gasteiger partial charge in [0, 0.05) is 5.56 Å². The zero-order valence-corrected chi connectivity index (χ0v) is 7.65. The van der Waals surface area contributed by atoms with Gasteiger partial charge in [-0.2, -0.15) is 13.2 Å². The van der Waals surface area contributed by atoms with Crippen molar-refractivity contribution in [2.45, 2.75) is 6.18 Å². The summed E-state index contributed by atoms with van der Waals surface area (Å²) in [7, 11) is 0. The molecule has 0 unspecified atom stereocenters. The third-order valence-electron chi connectivity index (χ3n) is 1.47. The number of primary amides is 1. The van der Waals surface area contributed by atoms with Crippen LogP contribution in [0.2, 0.25) is 0 Å². The second-order valence-electron chi connectivity index (χ2n) is 2.44. The molecular weight excluding hydrogens is 219 g/mol. The topological polar surface area (TPSA) is 43.1 Å². The van der Waals surface area contributed by atoms with Crippen LogP contribution in [0.5, 0.6) is 0 Å². The van der Waals surface area contributed by atoms with Crippen LogP contribution in [0, 0.1) is 0 Å². The van der Waals surface area contributed by atoms with Gasteiger partial charge in [0.05, 0.1) is 5.56 Å². The number of nitrogens with two attached hydrogens (primary N) is 1. The molecule has 14 heavy (non-hydrogen) atoms. The van der Waals surface area contributed by atoms with Crippen LogP contribution in [0.15, 0.2) is 24.3 Å². The van der Waals surface area contributed by atoms with Gasteiger partial charge in [0.25, 0.3) is 0 Å². The van der Waals surface area contributed by atoms with E-state index < -0.39 is 17.6 Å². The van der Waals surface area contributed by atoms with Crippen molar-refractivity contribution in [3.8, 4) is 0 Å². The Morgan fingerprint density at radius 2 is 1.86 bits per heavy atom. The average molecular weight is 226 g/mol. The van der Waals surface area contributed by atoms with Gasteiger partial charge in [0.2, 0.25) is 5.91 Å². The molecule has 0 fully saturated rings. The maximum Gasteiger partial charge on any atom is 0.416 e. The molecule has 6 heteroatoms. The first-order valence-electron chi connectivity index (χ1n) is 3.38. The third kappa shape index (κ3) is 2.92. The Labute approximate surface area is 84.3 Å². The van der Waals surface area contributed by atoms with Crippen molar-refractivity contribution in [3.05, 3.63) is 35.4 Å². The van der Waals surface area contributed by atoms with Gasteiger partial charge in [0.15, 0.2) is 0 Å². The predicted octanol–water partition coefficient (Wildman–Crippen LogP) is 2.23. The van der Waals surface area contributed by atoms with Crippen molar-refractivity contribution >= 4 is 18.3 Å². The van der Waals surface area contributed by atoms with Crippen LogP contribution < -0.4 is 5.73 Å². The van der Waals surface area contributed by atoms with Gasteiger partial charge in [0.1, 0.15) is 0 Å². The highest BCUT2D eigenvalue weighted by Gasteiger charge is 2.30. The summed E-state index contributed by atoms with van der Waals surface area (Å²) in [6, 6.07) is 3.98. The fourth-order valence-corrected chi connectivity index (χ4v) is 0.849. The molecule has 2 nitrogen and oxygen atoms in total. The molecule has 0 radical (unpaired) electrons. The Balaban J connectivity index is 0.00000169. The number of carbonyl (C=O) groups is 1. The van der Waals surface area contributed by atoms with Crippen molar-refractivity contribution in [1.82, 2.24) is 0 Å². The number of amides is 1. The molecule has 1 amide bonds. The monoisotopic (exact) mass is 225 g/mol. The van der Waals surface area contributed by atoms with Gasteiger partial charge in [-0.05, 0) is 18.2 Å². The van der Waals surface area contributed by atoms with E-state index >= 15 is 0 Å². The Morgan fingerprint density at radius 1 is 1.29 bits per heavy atom. The lowest BCUT2D eigenvalue weighted by Crippen LogP contribution is -2.13. The molecule has 78 valence electrons. The molecule has 0 saturated heterocycles. The van der Waals surface area contributed by atoms with E-state index in [1.165, 1.54) is 6.07 Å². The molecule has 2 N–H and O–H groups in total. The van der Waals surface area contributed by atoms with Crippen LogP contribution in [0.3, 0.4) is 0 Å². The smallest absolute Gasteiger partial charge is 0.366 e. The van der Waals surface area contributed by atoms with Gasteiger partial charge in [-0.25, -0.2) is 0 Å². The molecule has 1 rings (SSSR count). The van der Waals surface area contributed by atoms with Gasteiger partial charge in [-0.15, -0.1) is 12.4 Å². The van der Waals surface area contributed by atoms with Crippen LogP contribution in [0.25, 0.3) is 0 Å². The zero-order valence-electron chi connectivity index (χ0n) is 6.84. The zero-order chi connectivity index (χ0) is 10.1. The van der Waals surface area contributed by atoms with Gasteiger partial charge in [-0.1, -0.05) is 6.07 Å². The van der Waals surface area contributed by atoms with E-state index in [1.54, 1.807) is 0 Å². The summed E-state index contributed by atoms with van der Waals surface area (Å²) >= 11 is 0. The van der Waals surface area contributed by atoms with E-state index in [-0.39, 0.29) is 18.0 Å². The minimum Gasteiger partial charge on any atom is -0.366 e. The van der Waals surface area contributed by atoms with E-state index in [2.05, 4.69) is 0 Å². The van der Waals surface area contributed by atoms with Gasteiger partial charge < -0.3 is 5.73 Å². The van der Waals surface area contributed by atoms with E-state index in [9.17, 15) is 18.0 Å². The van der Waals surface area contributed by atoms with Crippen LogP contribution >= 0.6 is 12.4 Å². The van der Waals surface area contributed by atoms with Crippen molar-refractivity contribution < 1.29 is 18.0 Å². The summed E-state index contributed by atoms with van der Waals surface area (Å²) in [5.41, 5.74) is 3.80. The van der Waals surface area contributed by atoms with Crippen LogP contribution in [-0.2, 0) is 6.18 Å². The molecular formula is C8H7ClF3NO. The highest BCUT2D eigenvalue weighted by molar-refractivity contribution is 5.92. The normalized spacial score (nSPS) is 10.5. The number of hydrogen-bond donors (Lipinski definition) is 1. The summed E-state index contributed by atoms with van der Waals surface area (Å²) in [6.07, 6.45) is -4.44. The second kappa shape index (κ2) is 4.32. The lowest BCUT2D eigenvalue weighted by Gasteiger charge is -2.06. The Kier molecular flexibility index (Phi) is 3.94. The van der Waals surface area contributed by atoms with E-state index in [1.807, 2.05) is 0 Å². The highest BCUT2D eigenvalue weighted by atomic mass is 35.5. The molecule has 0 aliphatic carbocycles. The summed E-state index contributed by atoms with van der Waals surface area (Å²) in [5, 5.41) is 0. The summed E-state index contributed by atoms with van der Waals surface area (Å²) in [4.78, 5) is 10.5. The van der Waals surface area contributed by atoms with Crippen molar-refractivity contribution in [2.75, 3.05) is 0 Å². The first kappa shape index (κ1) is 12.8. The first-order valence-corrected chi connectivity index (χ1v) is 3.38. The lowest BCUT2D eigenvalue weighted by atomic mass is 10.1. The summed E-state index contributed by atoms with van der Waals surface area (Å²) in [5.74, 6) is -0.869. The molecule has 0 aromatic heterocycles. The average Bonchev–Trinajstić information content (AvgIpc) is 2.03. The lowest BCUT2D eigenvalue weighted by molar-refractivity contribution is -0.137. The summed E-state index contributed by atoms with van der Waals surface area (Å²) < 4.78 is 36.2. The molecule has 0 aliphatic heterocycles. The molecule has 0 atom stereocenters. The largest absolute Gasteiger partial charge is 0.416 e. The second-order valence-corrected chi connectivity index (χ2v) is 2.44. The molecule has 0 aliphatic rings. The quantitative estimate of drug-likeness (QED) is 0.783. The number of carbonyl (C=O) groups excluding carboxylic acids is 1. The number of hydrogen-bond acceptors (Lipinski definition) is 1. The highest BCUT2D eigenvalue weighted by Crippen LogP contribution is 2.29. The molecule has 1 aromatic carbocycles. The first-order chi connectivity index (χ1) is 5.91. The molecule has 0 saturated carbocycles. The van der Waals surface area contributed by atoms with E-state index in [4.69, 9.17) is 5.73 Å². The van der Waals surface area contributed by atoms with Crippen molar-refractivity contribution in [2.24, 2.45) is 5.73 Å². The number of rotatable bonds is 1. The Bertz CT molecular complexity index is 338. The van der Waals surface area contributed by atoms with Crippen LogP contribution in [-0.4, -0.2) is 5.91 Å². The third-order valence-corrected chi connectivity index (χ3v) is 1.47. The Morgan fingerprint density at radius 3 is 2.29 bits per heavy atom. The fraction of sp³-hybridized carbons (Fsp3) is 0.125. The van der Waals surface area contributed by atoms with Gasteiger partial charge >= 0.3 is 6.18 Å². The molecule has 0 spiro atoms. The van der Waals surface area contributed by atoms with E-state index in [0.29, 0.717) is 0 Å². The Hall–Kier alpha value is -1.23. The number of benzene rings is 1. The van der Waals surface area contributed by atoms with E-state index in [0.717, 1.165) is 18.2 Å². The minimum absolute atomic E-state index is 0. The van der Waals surface area contributed by atoms with Crippen molar-refractivity contribution in [3.63, 3.8) is 0 Å². The standard InChI is InChI=1S/C8H6F3NO.ClH/c9-8(10,11)6-3-1-2-5(4-6)7(12)13;/h1-4H,(H2,12,13);1H. The minimum atomic E-state index is -4.44.